The molecular formula is C29H31Cl2N9O3. The van der Waals surface area contributed by atoms with Gasteiger partial charge in [0.2, 0.25) is 0 Å². The number of amides is 1. The summed E-state index contributed by atoms with van der Waals surface area (Å²) < 4.78 is 10.8. The van der Waals surface area contributed by atoms with Crippen molar-refractivity contribution in [1.29, 1.82) is 0 Å². The predicted octanol–water partition coefficient (Wildman–Crippen LogP) is 4.76. The van der Waals surface area contributed by atoms with E-state index in [9.17, 15) is 4.79 Å². The van der Waals surface area contributed by atoms with E-state index in [1.807, 2.05) is 19.2 Å². The molecule has 43 heavy (non-hydrogen) atoms. The fourth-order valence-corrected chi connectivity index (χ4v) is 5.09. The molecule has 4 aromatic rings. The highest BCUT2D eigenvalue weighted by atomic mass is 35.5. The number of halogens is 2. The van der Waals surface area contributed by atoms with E-state index in [-0.39, 0.29) is 33.0 Å². The summed E-state index contributed by atoms with van der Waals surface area (Å²) >= 11 is 13.3. The second kappa shape index (κ2) is 14.4. The Morgan fingerprint density at radius 3 is 2.58 bits per heavy atom. The molecule has 0 saturated carbocycles. The van der Waals surface area contributed by atoms with E-state index in [0.29, 0.717) is 35.3 Å². The van der Waals surface area contributed by atoms with Crippen molar-refractivity contribution in [3.05, 3.63) is 70.5 Å². The Bertz CT molecular complexity index is 1570. The third-order valence-corrected chi connectivity index (χ3v) is 7.54. The number of hydrogen-bond donors (Lipinski definition) is 3. The lowest BCUT2D eigenvalue weighted by molar-refractivity contribution is 0.0384. The van der Waals surface area contributed by atoms with Crippen LogP contribution in [0.4, 0.5) is 23.1 Å². The summed E-state index contributed by atoms with van der Waals surface area (Å²) in [5.41, 5.74) is 2.70. The van der Waals surface area contributed by atoms with Crippen LogP contribution in [-0.4, -0.2) is 82.2 Å². The van der Waals surface area contributed by atoms with E-state index >= 15 is 0 Å². The molecule has 224 valence electrons. The highest BCUT2D eigenvalue weighted by Crippen LogP contribution is 2.42. The summed E-state index contributed by atoms with van der Waals surface area (Å²) in [5.74, 6) is 1.46. The Hall–Kier alpha value is -4.10. The number of carbonyl (C=O) groups excluding carboxylic acids is 1. The zero-order chi connectivity index (χ0) is 30.2. The van der Waals surface area contributed by atoms with Crippen molar-refractivity contribution in [2.45, 2.75) is 13.3 Å². The van der Waals surface area contributed by atoms with E-state index in [2.05, 4.69) is 51.8 Å². The van der Waals surface area contributed by atoms with Crippen LogP contribution in [0.2, 0.25) is 10.0 Å². The Balaban J connectivity index is 1.35. The molecule has 0 aliphatic carbocycles. The molecule has 1 fully saturated rings. The molecule has 4 heterocycles. The SMILES string of the molecule is CCNC(=O)c1cc(OC)c(Cl)c(Nc2ncncc2-c2cc(Nc3ccc(CCN4CCOCC4)cn3)ncn2)c1Cl. The normalized spacial score (nSPS) is 13.4. The first kappa shape index (κ1) is 30.4. The number of hydrogen-bond acceptors (Lipinski definition) is 11. The number of rotatable bonds is 11. The van der Waals surface area contributed by atoms with E-state index in [1.54, 1.807) is 12.3 Å². The maximum Gasteiger partial charge on any atom is 0.253 e. The molecule has 12 nitrogen and oxygen atoms in total. The molecule has 3 aromatic heterocycles. The second-order valence-corrected chi connectivity index (χ2v) is 10.3. The largest absolute Gasteiger partial charge is 0.495 e. The second-order valence-electron chi connectivity index (χ2n) is 9.57. The molecule has 0 bridgehead atoms. The molecule has 5 rings (SSSR count). The lowest BCUT2D eigenvalue weighted by Gasteiger charge is -2.26. The van der Waals surface area contributed by atoms with Gasteiger partial charge in [0.1, 0.15) is 40.9 Å². The molecule has 3 N–H and O–H groups in total. The van der Waals surface area contributed by atoms with E-state index in [0.717, 1.165) is 44.8 Å². The summed E-state index contributed by atoms with van der Waals surface area (Å²) in [6, 6.07) is 7.23. The Labute approximate surface area is 259 Å². The van der Waals surface area contributed by atoms with E-state index < -0.39 is 0 Å². The van der Waals surface area contributed by atoms with Gasteiger partial charge in [-0.05, 0) is 31.0 Å². The van der Waals surface area contributed by atoms with E-state index in [1.165, 1.54) is 25.8 Å². The highest BCUT2D eigenvalue weighted by Gasteiger charge is 2.22. The van der Waals surface area contributed by atoms with Crippen LogP contribution in [0.3, 0.4) is 0 Å². The van der Waals surface area contributed by atoms with Gasteiger partial charge in [-0.3, -0.25) is 9.69 Å². The molecule has 14 heteroatoms. The first-order valence-corrected chi connectivity index (χ1v) is 14.5. The number of benzene rings is 1. The fraction of sp³-hybridized carbons (Fsp3) is 0.310. The third-order valence-electron chi connectivity index (χ3n) is 6.77. The number of pyridine rings is 1. The van der Waals surface area contributed by atoms with Crippen molar-refractivity contribution in [3.63, 3.8) is 0 Å². The van der Waals surface area contributed by atoms with Crippen LogP contribution < -0.4 is 20.7 Å². The van der Waals surface area contributed by atoms with Crippen molar-refractivity contribution in [1.82, 2.24) is 35.1 Å². The topological polar surface area (TPSA) is 139 Å². The minimum Gasteiger partial charge on any atom is -0.495 e. The lowest BCUT2D eigenvalue weighted by Crippen LogP contribution is -2.37. The molecule has 0 radical (unpaired) electrons. The standard InChI is InChI=1S/C29H31Cl2N9O3/c1-3-33-29(41)19-12-22(42-2)26(31)27(25(19)30)39-28-20(15-32-16-37-28)21-13-24(36-17-35-21)38-23-5-4-18(14-34-23)6-7-40-8-10-43-11-9-40/h4-5,12-17H,3,6-11H2,1-2H3,(H,33,41)(H,32,37,39)(H,34,35,36,38). The van der Waals surface area contributed by atoms with Gasteiger partial charge in [0, 0.05) is 44.6 Å². The number of methoxy groups -OCH3 is 1. The number of ether oxygens (including phenoxy) is 2. The average molecular weight is 625 g/mol. The highest BCUT2D eigenvalue weighted by molar-refractivity contribution is 6.42. The first-order valence-electron chi connectivity index (χ1n) is 13.7. The van der Waals surface area contributed by atoms with Crippen LogP contribution in [0.5, 0.6) is 5.75 Å². The molecule has 1 aliphatic heterocycles. The van der Waals surface area contributed by atoms with Crippen molar-refractivity contribution < 1.29 is 14.3 Å². The number of nitrogens with zero attached hydrogens (tertiary/aromatic N) is 6. The number of morpholine rings is 1. The van der Waals surface area contributed by atoms with Gasteiger partial charge in [0.05, 0.1) is 47.9 Å². The smallest absolute Gasteiger partial charge is 0.253 e. The molecule has 1 aromatic carbocycles. The van der Waals surface area contributed by atoms with Gasteiger partial charge < -0.3 is 25.4 Å². The van der Waals surface area contributed by atoms with Crippen LogP contribution >= 0.6 is 23.2 Å². The van der Waals surface area contributed by atoms with Crippen molar-refractivity contribution in [2.75, 3.05) is 57.1 Å². The first-order chi connectivity index (χ1) is 21.0. The Kier molecular flexibility index (Phi) is 10.2. The van der Waals surface area contributed by atoms with Gasteiger partial charge in [0.15, 0.2) is 0 Å². The van der Waals surface area contributed by atoms with Gasteiger partial charge in [-0.25, -0.2) is 24.9 Å². The van der Waals surface area contributed by atoms with Crippen LogP contribution in [0, 0.1) is 0 Å². The van der Waals surface area contributed by atoms with Gasteiger partial charge in [-0.15, -0.1) is 0 Å². The van der Waals surface area contributed by atoms with Gasteiger partial charge >= 0.3 is 0 Å². The van der Waals surface area contributed by atoms with E-state index in [4.69, 9.17) is 32.7 Å². The minimum absolute atomic E-state index is 0.117. The average Bonchev–Trinajstić information content (AvgIpc) is 3.04. The summed E-state index contributed by atoms with van der Waals surface area (Å²) in [6.07, 6.45) is 7.21. The van der Waals surface area contributed by atoms with Crippen LogP contribution in [-0.2, 0) is 11.2 Å². The van der Waals surface area contributed by atoms with Crippen molar-refractivity contribution in [2.24, 2.45) is 0 Å². The fourth-order valence-electron chi connectivity index (χ4n) is 4.49. The molecule has 1 saturated heterocycles. The molecule has 0 unspecified atom stereocenters. The maximum absolute atomic E-state index is 12.7. The van der Waals surface area contributed by atoms with Crippen molar-refractivity contribution >= 4 is 52.3 Å². The summed E-state index contributed by atoms with van der Waals surface area (Å²) in [4.78, 5) is 37.0. The summed E-state index contributed by atoms with van der Waals surface area (Å²) in [5, 5.41) is 9.43. The zero-order valence-corrected chi connectivity index (χ0v) is 25.2. The van der Waals surface area contributed by atoms with Gasteiger partial charge in [-0.2, -0.15) is 0 Å². The van der Waals surface area contributed by atoms with Crippen molar-refractivity contribution in [3.8, 4) is 17.0 Å². The number of nitrogens with one attached hydrogen (secondary N) is 3. The number of anilines is 4. The maximum atomic E-state index is 12.7. The molecule has 0 atom stereocenters. The minimum atomic E-state index is -0.362. The summed E-state index contributed by atoms with van der Waals surface area (Å²) in [7, 11) is 1.46. The summed E-state index contributed by atoms with van der Waals surface area (Å²) in [6.45, 7) is 6.72. The zero-order valence-electron chi connectivity index (χ0n) is 23.7. The Morgan fingerprint density at radius 1 is 1.00 bits per heavy atom. The van der Waals surface area contributed by atoms with Crippen LogP contribution in [0.1, 0.15) is 22.8 Å². The Morgan fingerprint density at radius 2 is 1.84 bits per heavy atom. The molecule has 1 aliphatic rings. The van der Waals surface area contributed by atoms with Gasteiger partial charge in [-0.1, -0.05) is 29.3 Å². The van der Waals surface area contributed by atoms with Gasteiger partial charge in [0.25, 0.3) is 5.91 Å². The van der Waals surface area contributed by atoms with Crippen LogP contribution in [0.25, 0.3) is 11.3 Å². The quantitative estimate of drug-likeness (QED) is 0.213. The number of aromatic nitrogens is 5. The molecule has 1 amide bonds. The molecular weight excluding hydrogens is 593 g/mol. The third kappa shape index (κ3) is 7.46. The van der Waals surface area contributed by atoms with Crippen LogP contribution in [0.15, 0.2) is 49.3 Å². The number of carbonyl (C=O) groups is 1. The predicted molar refractivity (Wildman–Crippen MR) is 166 cm³/mol. The lowest BCUT2D eigenvalue weighted by atomic mass is 10.1. The monoisotopic (exact) mass is 623 g/mol. The molecule has 0 spiro atoms.